The van der Waals surface area contributed by atoms with Crippen molar-refractivity contribution >= 4 is 0 Å². The van der Waals surface area contributed by atoms with Crippen LogP contribution in [0.15, 0.2) is 18.7 Å². The molecule has 0 radical (unpaired) electrons. The normalized spacial score (nSPS) is 18.7. The van der Waals surface area contributed by atoms with E-state index in [0.29, 0.717) is 11.5 Å². The Kier molecular flexibility index (Phi) is 3.33. The molecule has 3 heteroatoms. The maximum absolute atomic E-state index is 4.10. The van der Waals surface area contributed by atoms with Crippen LogP contribution in [0.2, 0.25) is 0 Å². The monoisotopic (exact) mass is 221 g/mol. The largest absolute Gasteiger partial charge is 0.336 e. The van der Waals surface area contributed by atoms with Gasteiger partial charge >= 0.3 is 0 Å². The van der Waals surface area contributed by atoms with Crippen molar-refractivity contribution in [2.24, 2.45) is 11.3 Å². The highest BCUT2D eigenvalue weighted by molar-refractivity contribution is 4.86. The Balaban J connectivity index is 1.90. The van der Waals surface area contributed by atoms with Crippen molar-refractivity contribution in [3.05, 3.63) is 18.7 Å². The van der Waals surface area contributed by atoms with Crippen molar-refractivity contribution in [3.8, 4) is 0 Å². The second-order valence-electron chi connectivity index (χ2n) is 6.03. The fraction of sp³-hybridized carbons (Fsp3) is 0.769. The van der Waals surface area contributed by atoms with Gasteiger partial charge in [0, 0.05) is 25.0 Å². The summed E-state index contributed by atoms with van der Waals surface area (Å²) in [5, 5.41) is 3.71. The van der Waals surface area contributed by atoms with Crippen molar-refractivity contribution < 1.29 is 0 Å². The first-order valence-corrected chi connectivity index (χ1v) is 6.25. The predicted molar refractivity (Wildman–Crippen MR) is 66.2 cm³/mol. The van der Waals surface area contributed by atoms with Crippen LogP contribution < -0.4 is 5.32 Å². The van der Waals surface area contributed by atoms with E-state index in [9.17, 15) is 0 Å². The van der Waals surface area contributed by atoms with Gasteiger partial charge in [-0.15, -0.1) is 0 Å². The van der Waals surface area contributed by atoms with Gasteiger partial charge in [-0.3, -0.25) is 0 Å². The van der Waals surface area contributed by atoms with Gasteiger partial charge in [0.05, 0.1) is 6.33 Å². The number of hydrogen-bond acceptors (Lipinski definition) is 2. The molecule has 1 aliphatic rings. The molecule has 0 aliphatic heterocycles. The maximum Gasteiger partial charge on any atom is 0.0946 e. The van der Waals surface area contributed by atoms with E-state index in [-0.39, 0.29) is 0 Å². The molecular formula is C13H23N3. The summed E-state index contributed by atoms with van der Waals surface area (Å²) in [5.41, 5.74) is 0.291. The SMILES string of the molecule is CC(C)(C)C(Cn1ccnc1)NCC1CC1. The van der Waals surface area contributed by atoms with E-state index >= 15 is 0 Å². The first-order valence-electron chi connectivity index (χ1n) is 6.25. The molecule has 16 heavy (non-hydrogen) atoms. The minimum absolute atomic E-state index is 0.291. The van der Waals surface area contributed by atoms with E-state index in [1.807, 2.05) is 18.7 Å². The van der Waals surface area contributed by atoms with E-state index in [4.69, 9.17) is 0 Å². The third-order valence-corrected chi connectivity index (χ3v) is 3.35. The van der Waals surface area contributed by atoms with Crippen molar-refractivity contribution in [2.75, 3.05) is 6.54 Å². The molecule has 1 unspecified atom stereocenters. The average molecular weight is 221 g/mol. The fourth-order valence-electron chi connectivity index (χ4n) is 1.88. The number of rotatable bonds is 5. The molecule has 1 aromatic rings. The Morgan fingerprint density at radius 3 is 2.69 bits per heavy atom. The summed E-state index contributed by atoms with van der Waals surface area (Å²) >= 11 is 0. The van der Waals surface area contributed by atoms with Gasteiger partial charge in [0.2, 0.25) is 0 Å². The molecule has 2 rings (SSSR count). The minimum Gasteiger partial charge on any atom is -0.336 e. The number of nitrogens with one attached hydrogen (secondary N) is 1. The van der Waals surface area contributed by atoms with E-state index in [1.54, 1.807) is 0 Å². The first kappa shape index (κ1) is 11.6. The van der Waals surface area contributed by atoms with Crippen molar-refractivity contribution in [3.63, 3.8) is 0 Å². The molecule has 1 fully saturated rings. The van der Waals surface area contributed by atoms with E-state index in [2.05, 4.69) is 35.6 Å². The molecule has 1 heterocycles. The van der Waals surface area contributed by atoms with Gasteiger partial charge in [-0.2, -0.15) is 0 Å². The fourth-order valence-corrected chi connectivity index (χ4v) is 1.88. The second kappa shape index (κ2) is 4.58. The summed E-state index contributed by atoms with van der Waals surface area (Å²) < 4.78 is 2.16. The quantitative estimate of drug-likeness (QED) is 0.827. The van der Waals surface area contributed by atoms with Gasteiger partial charge in [-0.25, -0.2) is 4.98 Å². The molecule has 1 atom stereocenters. The zero-order valence-electron chi connectivity index (χ0n) is 10.6. The van der Waals surface area contributed by atoms with Gasteiger partial charge in [-0.1, -0.05) is 20.8 Å². The average Bonchev–Trinajstić information content (AvgIpc) is 2.87. The van der Waals surface area contributed by atoms with Crippen LogP contribution >= 0.6 is 0 Å². The first-order chi connectivity index (χ1) is 7.55. The third-order valence-electron chi connectivity index (χ3n) is 3.35. The number of hydrogen-bond donors (Lipinski definition) is 1. The van der Waals surface area contributed by atoms with Crippen LogP contribution in [0, 0.1) is 11.3 Å². The summed E-state index contributed by atoms with van der Waals surface area (Å²) in [7, 11) is 0. The summed E-state index contributed by atoms with van der Waals surface area (Å²) in [5.74, 6) is 0.938. The van der Waals surface area contributed by atoms with Crippen LogP contribution in [0.25, 0.3) is 0 Å². The number of nitrogens with zero attached hydrogens (tertiary/aromatic N) is 2. The molecule has 0 bridgehead atoms. The molecule has 3 nitrogen and oxygen atoms in total. The maximum atomic E-state index is 4.10. The van der Waals surface area contributed by atoms with Crippen LogP contribution in [0.1, 0.15) is 33.6 Å². The highest BCUT2D eigenvalue weighted by Gasteiger charge is 2.28. The number of aromatic nitrogens is 2. The zero-order chi connectivity index (χ0) is 11.6. The van der Waals surface area contributed by atoms with Crippen LogP contribution in [0.4, 0.5) is 0 Å². The summed E-state index contributed by atoms with van der Waals surface area (Å²) in [6, 6.07) is 0.516. The standard InChI is InChI=1S/C13H23N3/c1-13(2,3)12(15-8-11-4-5-11)9-16-7-6-14-10-16/h6-7,10-12,15H,4-5,8-9H2,1-3H3. The highest BCUT2D eigenvalue weighted by atomic mass is 15.1. The molecule has 1 saturated carbocycles. The Morgan fingerprint density at radius 1 is 1.44 bits per heavy atom. The lowest BCUT2D eigenvalue weighted by Gasteiger charge is -2.32. The topological polar surface area (TPSA) is 29.9 Å². The van der Waals surface area contributed by atoms with Crippen molar-refractivity contribution in [1.29, 1.82) is 0 Å². The van der Waals surface area contributed by atoms with Crippen molar-refractivity contribution in [1.82, 2.24) is 14.9 Å². The molecule has 1 aromatic heterocycles. The zero-order valence-corrected chi connectivity index (χ0v) is 10.6. The van der Waals surface area contributed by atoms with Crippen LogP contribution in [0.3, 0.4) is 0 Å². The lowest BCUT2D eigenvalue weighted by atomic mass is 9.86. The summed E-state index contributed by atoms with van der Waals surface area (Å²) in [6.07, 6.45) is 8.61. The van der Waals surface area contributed by atoms with Gasteiger partial charge in [0.1, 0.15) is 0 Å². The third kappa shape index (κ3) is 3.34. The lowest BCUT2D eigenvalue weighted by molar-refractivity contribution is 0.240. The van der Waals surface area contributed by atoms with Gasteiger partial charge in [0.15, 0.2) is 0 Å². The molecule has 1 aliphatic carbocycles. The summed E-state index contributed by atoms with van der Waals surface area (Å²) in [4.78, 5) is 4.10. The second-order valence-corrected chi connectivity index (χ2v) is 6.03. The van der Waals surface area contributed by atoms with Crippen LogP contribution in [0.5, 0.6) is 0 Å². The molecule has 1 N–H and O–H groups in total. The highest BCUT2D eigenvalue weighted by Crippen LogP contribution is 2.29. The number of imidazole rings is 1. The molecule has 0 spiro atoms. The molecule has 0 amide bonds. The minimum atomic E-state index is 0.291. The van der Waals surface area contributed by atoms with E-state index in [0.717, 1.165) is 12.5 Å². The van der Waals surface area contributed by atoms with Crippen LogP contribution in [-0.4, -0.2) is 22.1 Å². The Morgan fingerprint density at radius 2 is 2.19 bits per heavy atom. The van der Waals surface area contributed by atoms with E-state index in [1.165, 1.54) is 19.4 Å². The Hall–Kier alpha value is -0.830. The molecule has 90 valence electrons. The molecule has 0 saturated heterocycles. The lowest BCUT2D eigenvalue weighted by Crippen LogP contribution is -2.44. The van der Waals surface area contributed by atoms with Gasteiger partial charge < -0.3 is 9.88 Å². The van der Waals surface area contributed by atoms with E-state index < -0.39 is 0 Å². The molecule has 0 aromatic carbocycles. The molecular weight excluding hydrogens is 198 g/mol. The Bertz CT molecular complexity index is 306. The van der Waals surface area contributed by atoms with Crippen LogP contribution in [-0.2, 0) is 6.54 Å². The Labute approximate surface area is 98.3 Å². The predicted octanol–water partition coefficient (Wildman–Crippen LogP) is 2.30. The smallest absolute Gasteiger partial charge is 0.0946 e. The summed E-state index contributed by atoms with van der Waals surface area (Å²) in [6.45, 7) is 9.09. The van der Waals surface area contributed by atoms with Gasteiger partial charge in [0.25, 0.3) is 0 Å². The van der Waals surface area contributed by atoms with Gasteiger partial charge in [-0.05, 0) is 30.7 Å². The van der Waals surface area contributed by atoms with Crippen molar-refractivity contribution in [2.45, 2.75) is 46.2 Å².